The SMILES string of the molecule is CCOC(OC)C(C)(CCC(C(C)C)C(C)C)C1CCCCC1. The third kappa shape index (κ3) is 5.74. The van der Waals surface area contributed by atoms with E-state index in [-0.39, 0.29) is 11.7 Å². The van der Waals surface area contributed by atoms with Crippen molar-refractivity contribution in [3.63, 3.8) is 0 Å². The average Bonchev–Trinajstić information content (AvgIpc) is 2.52. The van der Waals surface area contributed by atoms with Gasteiger partial charge in [-0.3, -0.25) is 0 Å². The van der Waals surface area contributed by atoms with Crippen LogP contribution in [0.5, 0.6) is 0 Å². The van der Waals surface area contributed by atoms with Gasteiger partial charge in [0.1, 0.15) is 0 Å². The van der Waals surface area contributed by atoms with E-state index < -0.39 is 0 Å². The van der Waals surface area contributed by atoms with E-state index >= 15 is 0 Å². The molecule has 2 unspecified atom stereocenters. The molecule has 1 rings (SSSR count). The molecule has 2 heteroatoms. The Bertz CT molecular complexity index is 292. The molecule has 2 atom stereocenters. The highest BCUT2D eigenvalue weighted by Gasteiger charge is 2.43. The molecule has 138 valence electrons. The van der Waals surface area contributed by atoms with Gasteiger partial charge in [-0.05, 0) is 56.3 Å². The topological polar surface area (TPSA) is 18.5 Å². The van der Waals surface area contributed by atoms with E-state index in [1.807, 2.05) is 7.11 Å². The molecule has 0 aromatic carbocycles. The first-order valence-corrected chi connectivity index (χ1v) is 10.0. The summed E-state index contributed by atoms with van der Waals surface area (Å²) in [4.78, 5) is 0. The minimum atomic E-state index is -0.0597. The van der Waals surface area contributed by atoms with Crippen LogP contribution in [-0.2, 0) is 9.47 Å². The van der Waals surface area contributed by atoms with Gasteiger partial charge in [0.05, 0.1) is 0 Å². The summed E-state index contributed by atoms with van der Waals surface area (Å²) in [5, 5.41) is 0. The average molecular weight is 327 g/mol. The molecule has 0 N–H and O–H groups in total. The fourth-order valence-electron chi connectivity index (χ4n) is 4.87. The molecule has 0 aromatic heterocycles. The van der Waals surface area contributed by atoms with E-state index in [0.717, 1.165) is 30.3 Å². The lowest BCUT2D eigenvalue weighted by Crippen LogP contribution is -2.43. The van der Waals surface area contributed by atoms with Crippen LogP contribution in [0.25, 0.3) is 0 Å². The second-order valence-corrected chi connectivity index (χ2v) is 8.55. The molecule has 0 heterocycles. The standard InChI is InChI=1S/C21H42O2/c1-8-23-20(22-7)21(6,18-12-10-9-11-13-18)15-14-19(16(2)3)17(4)5/h16-20H,8-15H2,1-7H3. The summed E-state index contributed by atoms with van der Waals surface area (Å²) in [7, 11) is 1.82. The van der Waals surface area contributed by atoms with E-state index in [9.17, 15) is 0 Å². The van der Waals surface area contributed by atoms with Gasteiger partial charge in [0, 0.05) is 19.1 Å². The van der Waals surface area contributed by atoms with Crippen molar-refractivity contribution in [1.82, 2.24) is 0 Å². The summed E-state index contributed by atoms with van der Waals surface area (Å²) in [5.74, 6) is 3.03. The van der Waals surface area contributed by atoms with E-state index in [1.165, 1.54) is 44.9 Å². The number of ether oxygens (including phenoxy) is 2. The molecule has 2 nitrogen and oxygen atoms in total. The van der Waals surface area contributed by atoms with Gasteiger partial charge in [-0.25, -0.2) is 0 Å². The van der Waals surface area contributed by atoms with Gasteiger partial charge in [-0.15, -0.1) is 0 Å². The number of hydrogen-bond donors (Lipinski definition) is 0. The van der Waals surface area contributed by atoms with Gasteiger partial charge in [-0.1, -0.05) is 53.9 Å². The Morgan fingerprint density at radius 1 is 1.00 bits per heavy atom. The second kappa shape index (κ2) is 10.0. The third-order valence-corrected chi connectivity index (χ3v) is 6.34. The Balaban J connectivity index is 2.89. The maximum Gasteiger partial charge on any atom is 0.162 e. The largest absolute Gasteiger partial charge is 0.355 e. The summed E-state index contributed by atoms with van der Waals surface area (Å²) < 4.78 is 11.9. The lowest BCUT2D eigenvalue weighted by molar-refractivity contribution is -0.209. The zero-order valence-electron chi connectivity index (χ0n) is 16.9. The van der Waals surface area contributed by atoms with E-state index in [2.05, 4.69) is 41.5 Å². The second-order valence-electron chi connectivity index (χ2n) is 8.55. The number of hydrogen-bond acceptors (Lipinski definition) is 2. The summed E-state index contributed by atoms with van der Waals surface area (Å²) in [6, 6.07) is 0. The van der Waals surface area contributed by atoms with Crippen LogP contribution < -0.4 is 0 Å². The first-order valence-electron chi connectivity index (χ1n) is 10.0. The highest BCUT2D eigenvalue weighted by Crippen LogP contribution is 2.47. The first-order chi connectivity index (χ1) is 10.9. The molecule has 0 bridgehead atoms. The summed E-state index contributed by atoms with van der Waals surface area (Å²) >= 11 is 0. The normalized spacial score (nSPS) is 21.1. The Kier molecular flexibility index (Phi) is 9.15. The van der Waals surface area contributed by atoms with Crippen molar-refractivity contribution in [2.24, 2.45) is 29.1 Å². The fourth-order valence-corrected chi connectivity index (χ4v) is 4.87. The van der Waals surface area contributed by atoms with Crippen LogP contribution in [0.4, 0.5) is 0 Å². The summed E-state index contributed by atoms with van der Waals surface area (Å²) in [5.41, 5.74) is 0.146. The zero-order valence-corrected chi connectivity index (χ0v) is 16.9. The minimum Gasteiger partial charge on any atom is -0.355 e. The molecule has 1 saturated carbocycles. The van der Waals surface area contributed by atoms with Gasteiger partial charge < -0.3 is 9.47 Å². The Morgan fingerprint density at radius 3 is 2.00 bits per heavy atom. The Hall–Kier alpha value is -0.0800. The molecular weight excluding hydrogens is 284 g/mol. The monoisotopic (exact) mass is 326 g/mol. The Morgan fingerprint density at radius 2 is 1.57 bits per heavy atom. The molecule has 0 spiro atoms. The quantitative estimate of drug-likeness (QED) is 0.439. The molecule has 0 aromatic rings. The van der Waals surface area contributed by atoms with Crippen molar-refractivity contribution >= 4 is 0 Å². The first kappa shape index (κ1) is 21.0. The lowest BCUT2D eigenvalue weighted by atomic mass is 9.65. The van der Waals surface area contributed by atoms with Crippen molar-refractivity contribution < 1.29 is 9.47 Å². The van der Waals surface area contributed by atoms with Crippen LogP contribution in [0.3, 0.4) is 0 Å². The molecule has 0 saturated heterocycles. The van der Waals surface area contributed by atoms with Crippen molar-refractivity contribution in [2.75, 3.05) is 13.7 Å². The van der Waals surface area contributed by atoms with Gasteiger partial charge in [0.2, 0.25) is 0 Å². The number of rotatable bonds is 10. The molecular formula is C21H42O2. The van der Waals surface area contributed by atoms with Crippen molar-refractivity contribution in [3.05, 3.63) is 0 Å². The molecule has 0 amide bonds. The van der Waals surface area contributed by atoms with E-state index in [0.29, 0.717) is 0 Å². The van der Waals surface area contributed by atoms with Crippen molar-refractivity contribution in [1.29, 1.82) is 0 Å². The van der Waals surface area contributed by atoms with Crippen LogP contribution in [-0.4, -0.2) is 20.0 Å². The summed E-state index contributed by atoms with van der Waals surface area (Å²) in [6.07, 6.45) is 9.29. The third-order valence-electron chi connectivity index (χ3n) is 6.34. The maximum absolute atomic E-state index is 6.04. The van der Waals surface area contributed by atoms with E-state index in [4.69, 9.17) is 9.47 Å². The predicted molar refractivity (Wildman–Crippen MR) is 99.5 cm³/mol. The van der Waals surface area contributed by atoms with Crippen LogP contribution in [0.1, 0.15) is 86.5 Å². The van der Waals surface area contributed by atoms with Crippen molar-refractivity contribution in [3.8, 4) is 0 Å². The molecule has 1 fully saturated rings. The van der Waals surface area contributed by atoms with E-state index in [1.54, 1.807) is 0 Å². The smallest absolute Gasteiger partial charge is 0.162 e. The van der Waals surface area contributed by atoms with Gasteiger partial charge in [0.15, 0.2) is 6.29 Å². The zero-order chi connectivity index (χ0) is 17.5. The highest BCUT2D eigenvalue weighted by atomic mass is 16.7. The van der Waals surface area contributed by atoms with Crippen LogP contribution >= 0.6 is 0 Å². The lowest BCUT2D eigenvalue weighted by Gasteiger charge is -2.45. The number of methoxy groups -OCH3 is 1. The molecule has 1 aliphatic carbocycles. The van der Waals surface area contributed by atoms with Gasteiger partial charge in [0.25, 0.3) is 0 Å². The maximum atomic E-state index is 6.04. The molecule has 0 radical (unpaired) electrons. The summed E-state index contributed by atoms with van der Waals surface area (Å²) in [6.45, 7) is 14.7. The Labute approximate surface area is 145 Å². The van der Waals surface area contributed by atoms with Crippen LogP contribution in [0, 0.1) is 29.1 Å². The van der Waals surface area contributed by atoms with Gasteiger partial charge in [-0.2, -0.15) is 0 Å². The highest BCUT2D eigenvalue weighted by molar-refractivity contribution is 4.89. The minimum absolute atomic E-state index is 0.0597. The predicted octanol–water partition coefficient (Wildman–Crippen LogP) is 6.29. The van der Waals surface area contributed by atoms with Crippen LogP contribution in [0.2, 0.25) is 0 Å². The van der Waals surface area contributed by atoms with Crippen LogP contribution in [0.15, 0.2) is 0 Å². The van der Waals surface area contributed by atoms with Crippen molar-refractivity contribution in [2.45, 2.75) is 92.8 Å². The molecule has 1 aliphatic rings. The fraction of sp³-hybridized carbons (Fsp3) is 1.00. The molecule has 0 aliphatic heterocycles. The molecule has 23 heavy (non-hydrogen) atoms. The van der Waals surface area contributed by atoms with Gasteiger partial charge >= 0.3 is 0 Å².